The second-order valence-electron chi connectivity index (χ2n) is 9.59. The van der Waals surface area contributed by atoms with E-state index in [4.69, 9.17) is 4.74 Å². The fraction of sp³-hybridized carbons (Fsp3) is 0.290. The van der Waals surface area contributed by atoms with E-state index in [0.717, 1.165) is 18.9 Å². The standard InChI is InChI=1S/C31H22F10O2/c1-2-3-8-42-19-7-6-17(21(32)13-19)5-4-16-9-24(35)29(25(36)10-16)31(40,41)43-20-14-22(33)28(23(34)15-20)18-11-26(37)30(39)27(38)12-18/h6-7,9-15,24,26,29-30H,2-3,8H2,1H3. The molecule has 0 aliphatic heterocycles. The van der Waals surface area contributed by atoms with Crippen molar-refractivity contribution < 1.29 is 53.4 Å². The van der Waals surface area contributed by atoms with Crippen molar-refractivity contribution in [1.82, 2.24) is 0 Å². The smallest absolute Gasteiger partial charge is 0.410 e. The van der Waals surface area contributed by atoms with Gasteiger partial charge in [0.15, 0.2) is 12.3 Å². The van der Waals surface area contributed by atoms with Gasteiger partial charge in [-0.2, -0.15) is 8.78 Å². The maximum atomic E-state index is 14.9. The number of benzene rings is 2. The molecular weight excluding hydrogens is 594 g/mol. The number of hydrogen-bond acceptors (Lipinski definition) is 2. The molecule has 0 heterocycles. The Balaban J connectivity index is 1.50. The Morgan fingerprint density at radius 3 is 2.07 bits per heavy atom. The van der Waals surface area contributed by atoms with Crippen LogP contribution in [0.5, 0.6) is 11.5 Å². The summed E-state index contributed by atoms with van der Waals surface area (Å²) in [5.74, 6) is -6.55. The molecule has 0 saturated carbocycles. The van der Waals surface area contributed by atoms with Crippen molar-refractivity contribution in [2.24, 2.45) is 5.92 Å². The number of rotatable bonds is 8. The van der Waals surface area contributed by atoms with Crippen LogP contribution in [0.25, 0.3) is 5.57 Å². The maximum absolute atomic E-state index is 14.9. The van der Waals surface area contributed by atoms with Crippen LogP contribution in [0.15, 0.2) is 71.9 Å². The summed E-state index contributed by atoms with van der Waals surface area (Å²) >= 11 is 0. The molecule has 4 unspecified atom stereocenters. The summed E-state index contributed by atoms with van der Waals surface area (Å²) in [7, 11) is 0. The fourth-order valence-electron chi connectivity index (χ4n) is 4.24. The van der Waals surface area contributed by atoms with E-state index in [-0.39, 0.29) is 29.0 Å². The monoisotopic (exact) mass is 616 g/mol. The molecule has 2 aromatic carbocycles. The van der Waals surface area contributed by atoms with Gasteiger partial charge in [-0.1, -0.05) is 25.2 Å². The van der Waals surface area contributed by atoms with E-state index in [1.807, 2.05) is 6.92 Å². The second-order valence-corrected chi connectivity index (χ2v) is 9.59. The number of allylic oxidation sites excluding steroid dienone is 7. The minimum Gasteiger partial charge on any atom is -0.493 e. The van der Waals surface area contributed by atoms with Crippen LogP contribution in [0.1, 0.15) is 30.9 Å². The fourth-order valence-corrected chi connectivity index (χ4v) is 4.24. The zero-order chi connectivity index (χ0) is 31.5. The number of unbranched alkanes of at least 4 members (excludes halogenated alkanes) is 1. The molecule has 2 aliphatic carbocycles. The van der Waals surface area contributed by atoms with Gasteiger partial charge in [0, 0.05) is 23.8 Å². The van der Waals surface area contributed by atoms with E-state index in [2.05, 4.69) is 16.6 Å². The highest BCUT2D eigenvalue weighted by molar-refractivity contribution is 5.77. The molecule has 0 aromatic heterocycles. The van der Waals surface area contributed by atoms with Crippen molar-refractivity contribution in [3.8, 4) is 23.3 Å². The van der Waals surface area contributed by atoms with Gasteiger partial charge in [0.1, 0.15) is 52.7 Å². The predicted molar refractivity (Wildman–Crippen MR) is 138 cm³/mol. The first-order valence-electron chi connectivity index (χ1n) is 12.9. The van der Waals surface area contributed by atoms with Gasteiger partial charge in [-0.05, 0) is 48.4 Å². The molecule has 12 heteroatoms. The second kappa shape index (κ2) is 13.0. The first-order chi connectivity index (χ1) is 20.3. The SMILES string of the molecule is CCCCOc1ccc(C#CC2=CC(F)C(C(F)(F)Oc3cc(F)c(C4=CC(F)C(F)C(F)=C4)c(F)c3)C(F)=C2)c(F)c1. The highest BCUT2D eigenvalue weighted by atomic mass is 19.3. The molecule has 0 bridgehead atoms. The lowest BCUT2D eigenvalue weighted by Gasteiger charge is -2.29. The first-order valence-corrected chi connectivity index (χ1v) is 12.9. The lowest BCUT2D eigenvalue weighted by molar-refractivity contribution is -0.219. The molecule has 4 atom stereocenters. The van der Waals surface area contributed by atoms with Crippen molar-refractivity contribution in [1.29, 1.82) is 0 Å². The minimum atomic E-state index is -4.70. The van der Waals surface area contributed by atoms with Gasteiger partial charge in [-0.15, -0.1) is 0 Å². The summed E-state index contributed by atoms with van der Waals surface area (Å²) in [4.78, 5) is 0. The Morgan fingerprint density at radius 2 is 1.47 bits per heavy atom. The summed E-state index contributed by atoms with van der Waals surface area (Å²) in [5.41, 5.74) is -2.32. The van der Waals surface area contributed by atoms with E-state index in [1.54, 1.807) is 0 Å². The number of hydrogen-bond donors (Lipinski definition) is 0. The van der Waals surface area contributed by atoms with Crippen LogP contribution in [0.3, 0.4) is 0 Å². The van der Waals surface area contributed by atoms with E-state index >= 15 is 0 Å². The summed E-state index contributed by atoms with van der Waals surface area (Å²) in [6.45, 7) is 2.33. The Labute approximate surface area is 240 Å². The topological polar surface area (TPSA) is 18.5 Å². The third-order valence-corrected chi connectivity index (χ3v) is 6.39. The highest BCUT2D eigenvalue weighted by Gasteiger charge is 2.51. The molecule has 0 spiro atoms. The molecule has 0 radical (unpaired) electrons. The van der Waals surface area contributed by atoms with Gasteiger partial charge in [-0.25, -0.2) is 35.1 Å². The van der Waals surface area contributed by atoms with Gasteiger partial charge >= 0.3 is 6.11 Å². The number of ether oxygens (including phenoxy) is 2. The molecule has 2 aliphatic rings. The van der Waals surface area contributed by atoms with Crippen LogP contribution in [0, 0.1) is 35.2 Å². The van der Waals surface area contributed by atoms with Gasteiger partial charge in [0.05, 0.1) is 17.7 Å². The quantitative estimate of drug-likeness (QED) is 0.168. The van der Waals surface area contributed by atoms with Crippen LogP contribution in [0.4, 0.5) is 43.9 Å². The first kappa shape index (κ1) is 31.8. The van der Waals surface area contributed by atoms with Gasteiger partial charge < -0.3 is 9.47 Å². The maximum Gasteiger partial charge on any atom is 0.410 e. The predicted octanol–water partition coefficient (Wildman–Crippen LogP) is 8.98. The van der Waals surface area contributed by atoms with Crippen LogP contribution in [0.2, 0.25) is 0 Å². The molecule has 43 heavy (non-hydrogen) atoms. The summed E-state index contributed by atoms with van der Waals surface area (Å²) < 4.78 is 153. The third-order valence-electron chi connectivity index (χ3n) is 6.39. The van der Waals surface area contributed by atoms with Crippen LogP contribution >= 0.6 is 0 Å². The van der Waals surface area contributed by atoms with Crippen LogP contribution in [-0.2, 0) is 0 Å². The summed E-state index contributed by atoms with van der Waals surface area (Å²) in [6.07, 6.45) is -9.26. The van der Waals surface area contributed by atoms with Crippen LogP contribution in [-0.4, -0.2) is 31.2 Å². The average molecular weight is 616 g/mol. The molecule has 0 saturated heterocycles. The number of alkyl halides is 5. The van der Waals surface area contributed by atoms with E-state index < -0.39 is 76.5 Å². The molecule has 2 aromatic rings. The van der Waals surface area contributed by atoms with E-state index in [1.165, 1.54) is 12.1 Å². The molecule has 228 valence electrons. The highest BCUT2D eigenvalue weighted by Crippen LogP contribution is 2.42. The lowest BCUT2D eigenvalue weighted by Crippen LogP contribution is -2.41. The van der Waals surface area contributed by atoms with Crippen molar-refractivity contribution in [3.63, 3.8) is 0 Å². The largest absolute Gasteiger partial charge is 0.493 e. The molecule has 4 rings (SSSR count). The van der Waals surface area contributed by atoms with E-state index in [9.17, 15) is 43.9 Å². The minimum absolute atomic E-state index is 0.148. The number of halogens is 10. The van der Waals surface area contributed by atoms with Crippen molar-refractivity contribution in [3.05, 3.63) is 100 Å². The molecular formula is C31H22F10O2. The molecule has 2 nitrogen and oxygen atoms in total. The Kier molecular flexibility index (Phi) is 9.62. The molecule has 0 N–H and O–H groups in total. The Hall–Kier alpha value is -4.14. The summed E-state index contributed by atoms with van der Waals surface area (Å²) in [6, 6.07) is 4.23. The van der Waals surface area contributed by atoms with Crippen molar-refractivity contribution in [2.75, 3.05) is 6.61 Å². The Morgan fingerprint density at radius 1 is 0.791 bits per heavy atom. The van der Waals surface area contributed by atoms with E-state index in [0.29, 0.717) is 30.9 Å². The van der Waals surface area contributed by atoms with Crippen molar-refractivity contribution in [2.45, 2.75) is 44.4 Å². The zero-order valence-electron chi connectivity index (χ0n) is 22.2. The zero-order valence-corrected chi connectivity index (χ0v) is 22.2. The Bertz CT molecular complexity index is 1540. The van der Waals surface area contributed by atoms with Crippen molar-refractivity contribution >= 4 is 5.57 Å². The van der Waals surface area contributed by atoms with Crippen LogP contribution < -0.4 is 9.47 Å². The third kappa shape index (κ3) is 7.27. The average Bonchev–Trinajstić information content (AvgIpc) is 2.90. The lowest BCUT2D eigenvalue weighted by atomic mass is 9.92. The van der Waals surface area contributed by atoms with Gasteiger partial charge in [-0.3, -0.25) is 0 Å². The molecule has 0 fully saturated rings. The van der Waals surface area contributed by atoms with Gasteiger partial charge in [0.25, 0.3) is 0 Å². The molecule has 0 amide bonds. The summed E-state index contributed by atoms with van der Waals surface area (Å²) in [5, 5.41) is 0. The normalized spacial score (nSPS) is 22.0. The van der Waals surface area contributed by atoms with Gasteiger partial charge in [0.2, 0.25) is 0 Å².